The largest absolute Gasteiger partial charge is 0.481 e. The summed E-state index contributed by atoms with van der Waals surface area (Å²) in [6.07, 6.45) is -0.573. The van der Waals surface area contributed by atoms with Crippen LogP contribution in [0, 0.1) is 27.7 Å². The van der Waals surface area contributed by atoms with Crippen LogP contribution in [0.2, 0.25) is 0 Å². The van der Waals surface area contributed by atoms with Gasteiger partial charge in [-0.05, 0) is 57.9 Å². The molecule has 0 unspecified atom stereocenters. The first-order chi connectivity index (χ1) is 9.85. The molecule has 0 aliphatic carbocycles. The van der Waals surface area contributed by atoms with Gasteiger partial charge in [0.25, 0.3) is 5.91 Å². The van der Waals surface area contributed by atoms with E-state index in [0.717, 1.165) is 21.7 Å². The van der Waals surface area contributed by atoms with Gasteiger partial charge in [-0.1, -0.05) is 6.07 Å². The van der Waals surface area contributed by atoms with Crippen molar-refractivity contribution in [2.75, 3.05) is 5.32 Å². The molecule has 1 amide bonds. The molecule has 112 valence electrons. The fourth-order valence-electron chi connectivity index (χ4n) is 1.99. The molecule has 0 bridgehead atoms. The van der Waals surface area contributed by atoms with Crippen molar-refractivity contribution in [3.8, 4) is 5.75 Å². The monoisotopic (exact) mass is 304 g/mol. The van der Waals surface area contributed by atoms with Crippen LogP contribution in [0.4, 0.5) is 5.13 Å². The van der Waals surface area contributed by atoms with Gasteiger partial charge in [-0.15, -0.1) is 11.3 Å². The molecule has 1 N–H and O–H groups in total. The standard InChI is InChI=1S/C16H20N2O2S/c1-9-6-10(2)8-14(7-9)20-12(4)15(19)18-16-17-11(3)13(5)21-16/h6-8,12H,1-5H3,(H,17,18,19)/t12-/m0/s1. The number of hydrogen-bond acceptors (Lipinski definition) is 4. The van der Waals surface area contributed by atoms with E-state index in [-0.39, 0.29) is 5.91 Å². The Labute approximate surface area is 129 Å². The average Bonchev–Trinajstić information content (AvgIpc) is 2.66. The lowest BCUT2D eigenvalue weighted by molar-refractivity contribution is -0.122. The number of nitrogens with one attached hydrogen (secondary N) is 1. The third-order valence-corrected chi connectivity index (χ3v) is 4.12. The molecule has 1 atom stereocenters. The van der Waals surface area contributed by atoms with Gasteiger partial charge < -0.3 is 4.74 Å². The van der Waals surface area contributed by atoms with Gasteiger partial charge in [0.05, 0.1) is 5.69 Å². The summed E-state index contributed by atoms with van der Waals surface area (Å²) in [4.78, 5) is 17.5. The van der Waals surface area contributed by atoms with E-state index in [1.54, 1.807) is 6.92 Å². The lowest BCUT2D eigenvalue weighted by Crippen LogP contribution is -2.30. The second-order valence-corrected chi connectivity index (χ2v) is 6.44. The molecular weight excluding hydrogens is 284 g/mol. The van der Waals surface area contributed by atoms with Gasteiger partial charge in [-0.25, -0.2) is 4.98 Å². The van der Waals surface area contributed by atoms with Crippen LogP contribution in [0.5, 0.6) is 5.75 Å². The number of carbonyl (C=O) groups excluding carboxylic acids is 1. The van der Waals surface area contributed by atoms with Crippen LogP contribution in [-0.4, -0.2) is 17.0 Å². The van der Waals surface area contributed by atoms with Gasteiger partial charge in [0.15, 0.2) is 11.2 Å². The first-order valence-electron chi connectivity index (χ1n) is 6.85. The van der Waals surface area contributed by atoms with Gasteiger partial charge in [0, 0.05) is 4.88 Å². The molecule has 0 saturated heterocycles. The predicted octanol–water partition coefficient (Wildman–Crippen LogP) is 3.78. The van der Waals surface area contributed by atoms with Gasteiger partial charge in [0.2, 0.25) is 0 Å². The van der Waals surface area contributed by atoms with Crippen LogP contribution in [0.3, 0.4) is 0 Å². The average molecular weight is 304 g/mol. The zero-order chi connectivity index (χ0) is 15.6. The molecule has 1 aromatic carbocycles. The highest BCUT2D eigenvalue weighted by atomic mass is 32.1. The zero-order valence-corrected chi connectivity index (χ0v) is 13.8. The second kappa shape index (κ2) is 6.26. The van der Waals surface area contributed by atoms with E-state index in [1.807, 2.05) is 39.8 Å². The van der Waals surface area contributed by atoms with Crippen LogP contribution in [0.1, 0.15) is 28.6 Å². The Morgan fingerprint density at radius 2 is 1.81 bits per heavy atom. The zero-order valence-electron chi connectivity index (χ0n) is 13.0. The Morgan fingerprint density at radius 3 is 2.33 bits per heavy atom. The number of rotatable bonds is 4. The molecule has 4 nitrogen and oxygen atoms in total. The van der Waals surface area contributed by atoms with E-state index in [0.29, 0.717) is 10.9 Å². The highest BCUT2D eigenvalue weighted by molar-refractivity contribution is 7.15. The number of anilines is 1. The molecule has 0 radical (unpaired) electrons. The Bertz CT molecular complexity index is 625. The van der Waals surface area contributed by atoms with Crippen molar-refractivity contribution in [1.29, 1.82) is 0 Å². The topological polar surface area (TPSA) is 51.2 Å². The van der Waals surface area contributed by atoms with E-state index in [4.69, 9.17) is 4.74 Å². The van der Waals surface area contributed by atoms with Crippen molar-refractivity contribution in [3.63, 3.8) is 0 Å². The summed E-state index contributed by atoms with van der Waals surface area (Å²) in [7, 11) is 0. The number of benzene rings is 1. The second-order valence-electron chi connectivity index (χ2n) is 5.23. The normalized spacial score (nSPS) is 12.0. The fourth-order valence-corrected chi connectivity index (χ4v) is 2.81. The molecule has 2 aromatic rings. The SMILES string of the molecule is Cc1cc(C)cc(O[C@@H](C)C(=O)Nc2nc(C)c(C)s2)c1. The summed E-state index contributed by atoms with van der Waals surface area (Å²) in [6, 6.07) is 5.92. The van der Waals surface area contributed by atoms with E-state index in [1.165, 1.54) is 11.3 Å². The van der Waals surface area contributed by atoms with Crippen molar-refractivity contribution in [2.45, 2.75) is 40.7 Å². The minimum Gasteiger partial charge on any atom is -0.481 e. The molecule has 21 heavy (non-hydrogen) atoms. The smallest absolute Gasteiger partial charge is 0.266 e. The molecule has 1 aromatic heterocycles. The molecule has 0 aliphatic heterocycles. The van der Waals surface area contributed by atoms with E-state index in [2.05, 4.69) is 16.4 Å². The number of ether oxygens (including phenoxy) is 1. The van der Waals surface area contributed by atoms with Crippen molar-refractivity contribution in [3.05, 3.63) is 39.9 Å². The molecule has 5 heteroatoms. The minimum absolute atomic E-state index is 0.192. The summed E-state index contributed by atoms with van der Waals surface area (Å²) in [5.74, 6) is 0.518. The maximum Gasteiger partial charge on any atom is 0.266 e. The molecule has 1 heterocycles. The van der Waals surface area contributed by atoms with Gasteiger partial charge in [-0.2, -0.15) is 0 Å². The highest BCUT2D eigenvalue weighted by Crippen LogP contribution is 2.22. The quantitative estimate of drug-likeness (QED) is 0.935. The number of carbonyl (C=O) groups is 1. The van der Waals surface area contributed by atoms with Crippen LogP contribution in [0.15, 0.2) is 18.2 Å². The summed E-state index contributed by atoms with van der Waals surface area (Å²) in [5, 5.41) is 3.41. The first kappa shape index (κ1) is 15.5. The molecular formula is C16H20N2O2S. The number of aromatic nitrogens is 1. The molecule has 0 fully saturated rings. The highest BCUT2D eigenvalue weighted by Gasteiger charge is 2.17. The number of nitrogens with zero attached hydrogens (tertiary/aromatic N) is 1. The van der Waals surface area contributed by atoms with Gasteiger partial charge in [0.1, 0.15) is 5.75 Å². The summed E-state index contributed by atoms with van der Waals surface area (Å²) in [5.41, 5.74) is 3.17. The molecule has 0 spiro atoms. The van der Waals surface area contributed by atoms with Crippen LogP contribution >= 0.6 is 11.3 Å². The molecule has 2 rings (SSSR count). The van der Waals surface area contributed by atoms with Crippen LogP contribution in [0.25, 0.3) is 0 Å². The number of hydrogen-bond donors (Lipinski definition) is 1. The molecule has 0 saturated carbocycles. The Kier molecular flexibility index (Phi) is 4.63. The van der Waals surface area contributed by atoms with E-state index >= 15 is 0 Å². The summed E-state index contributed by atoms with van der Waals surface area (Å²) < 4.78 is 5.71. The predicted molar refractivity (Wildman–Crippen MR) is 86.2 cm³/mol. The van der Waals surface area contributed by atoms with Crippen molar-refractivity contribution in [2.24, 2.45) is 0 Å². The fraction of sp³-hybridized carbons (Fsp3) is 0.375. The maximum atomic E-state index is 12.1. The van der Waals surface area contributed by atoms with Gasteiger partial charge in [-0.3, -0.25) is 10.1 Å². The number of thiazole rings is 1. The Hall–Kier alpha value is -1.88. The van der Waals surface area contributed by atoms with Crippen LogP contribution in [-0.2, 0) is 4.79 Å². The summed E-state index contributed by atoms with van der Waals surface area (Å²) in [6.45, 7) is 9.66. The lowest BCUT2D eigenvalue weighted by atomic mass is 10.1. The lowest BCUT2D eigenvalue weighted by Gasteiger charge is -2.14. The van der Waals surface area contributed by atoms with E-state index < -0.39 is 6.10 Å². The van der Waals surface area contributed by atoms with Crippen molar-refractivity contribution in [1.82, 2.24) is 4.98 Å². The Balaban J connectivity index is 2.02. The van der Waals surface area contributed by atoms with Crippen LogP contribution < -0.4 is 10.1 Å². The minimum atomic E-state index is -0.573. The first-order valence-corrected chi connectivity index (χ1v) is 7.66. The summed E-state index contributed by atoms with van der Waals surface area (Å²) >= 11 is 1.47. The third-order valence-electron chi connectivity index (χ3n) is 3.14. The Morgan fingerprint density at radius 1 is 1.19 bits per heavy atom. The van der Waals surface area contributed by atoms with Crippen molar-refractivity contribution < 1.29 is 9.53 Å². The molecule has 0 aliphatic rings. The maximum absolute atomic E-state index is 12.1. The number of amides is 1. The number of aryl methyl sites for hydroxylation is 4. The third kappa shape index (κ3) is 4.04. The van der Waals surface area contributed by atoms with E-state index in [9.17, 15) is 4.79 Å². The van der Waals surface area contributed by atoms with Crippen molar-refractivity contribution >= 4 is 22.4 Å². The van der Waals surface area contributed by atoms with Gasteiger partial charge >= 0.3 is 0 Å².